The Hall–Kier alpha value is -1.80. The van der Waals surface area contributed by atoms with Crippen molar-refractivity contribution in [3.63, 3.8) is 0 Å². The highest BCUT2D eigenvalue weighted by Crippen LogP contribution is 2.33. The topological polar surface area (TPSA) is 60.9 Å². The first-order valence-corrected chi connectivity index (χ1v) is 8.44. The van der Waals surface area contributed by atoms with Crippen molar-refractivity contribution in [1.82, 2.24) is 4.90 Å². The maximum atomic E-state index is 12.8. The standard InChI is InChI=1S/C17H20ClF3N2O3/c1-16(26,17(19,20)21)15(25)23-9-7-11(8-10-23)14(24)22(2)13-5-3-12(18)4-6-13/h3-6,11,26H,7-10H2,1-2H3/t16-/m1/s1. The minimum absolute atomic E-state index is 0.0179. The molecule has 2 amide bonds. The van der Waals surface area contributed by atoms with Crippen molar-refractivity contribution in [2.45, 2.75) is 31.5 Å². The number of nitrogens with zero attached hydrogens (tertiary/aromatic N) is 2. The third-order valence-corrected chi connectivity index (χ3v) is 4.90. The highest BCUT2D eigenvalue weighted by Gasteiger charge is 2.57. The second-order valence-corrected chi connectivity index (χ2v) is 6.95. The van der Waals surface area contributed by atoms with Crippen LogP contribution in [0.25, 0.3) is 0 Å². The Morgan fingerprint density at radius 1 is 1.19 bits per heavy atom. The molecule has 0 radical (unpaired) electrons. The fourth-order valence-electron chi connectivity index (χ4n) is 2.82. The molecule has 144 valence electrons. The lowest BCUT2D eigenvalue weighted by molar-refractivity contribution is -0.250. The first-order chi connectivity index (χ1) is 11.9. The molecule has 26 heavy (non-hydrogen) atoms. The number of benzene rings is 1. The Labute approximate surface area is 154 Å². The van der Waals surface area contributed by atoms with Gasteiger partial charge in [-0.05, 0) is 44.0 Å². The molecule has 0 spiro atoms. The average molecular weight is 393 g/mol. The van der Waals surface area contributed by atoms with E-state index in [0.29, 0.717) is 17.6 Å². The minimum Gasteiger partial charge on any atom is -0.373 e. The van der Waals surface area contributed by atoms with Crippen molar-refractivity contribution in [2.24, 2.45) is 5.92 Å². The number of carbonyl (C=O) groups excluding carboxylic acids is 2. The summed E-state index contributed by atoms with van der Waals surface area (Å²) < 4.78 is 38.4. The van der Waals surface area contributed by atoms with Crippen molar-refractivity contribution in [3.05, 3.63) is 29.3 Å². The fourth-order valence-corrected chi connectivity index (χ4v) is 2.95. The number of hydrogen-bond acceptors (Lipinski definition) is 3. The predicted molar refractivity (Wildman–Crippen MR) is 90.8 cm³/mol. The van der Waals surface area contributed by atoms with Crippen LogP contribution >= 0.6 is 11.6 Å². The van der Waals surface area contributed by atoms with E-state index >= 15 is 0 Å². The van der Waals surface area contributed by atoms with Crippen LogP contribution in [0.3, 0.4) is 0 Å². The van der Waals surface area contributed by atoms with Gasteiger partial charge in [0.1, 0.15) is 0 Å². The van der Waals surface area contributed by atoms with E-state index in [9.17, 15) is 27.9 Å². The monoisotopic (exact) mass is 392 g/mol. The SMILES string of the molecule is CN(C(=O)C1CCN(C(=O)[C@@](C)(O)C(F)(F)F)CC1)c1ccc(Cl)cc1. The quantitative estimate of drug-likeness (QED) is 0.860. The molecule has 0 unspecified atom stereocenters. The second kappa shape index (κ2) is 7.44. The third-order valence-electron chi connectivity index (χ3n) is 4.64. The molecule has 1 atom stereocenters. The fraction of sp³-hybridized carbons (Fsp3) is 0.529. The summed E-state index contributed by atoms with van der Waals surface area (Å²) in [7, 11) is 1.61. The van der Waals surface area contributed by atoms with Gasteiger partial charge in [0.15, 0.2) is 0 Å². The molecule has 9 heteroatoms. The number of carbonyl (C=O) groups is 2. The summed E-state index contributed by atoms with van der Waals surface area (Å²) in [6, 6.07) is 6.70. The highest BCUT2D eigenvalue weighted by molar-refractivity contribution is 6.30. The lowest BCUT2D eigenvalue weighted by Gasteiger charge is -2.37. The molecule has 0 aromatic heterocycles. The van der Waals surface area contributed by atoms with Crippen LogP contribution in [0.5, 0.6) is 0 Å². The van der Waals surface area contributed by atoms with Crippen LogP contribution in [-0.2, 0) is 9.59 Å². The first-order valence-electron chi connectivity index (χ1n) is 8.06. The van der Waals surface area contributed by atoms with Gasteiger partial charge in [-0.2, -0.15) is 13.2 Å². The van der Waals surface area contributed by atoms with Crippen molar-refractivity contribution < 1.29 is 27.9 Å². The Morgan fingerprint density at radius 2 is 1.69 bits per heavy atom. The molecule has 0 bridgehead atoms. The summed E-state index contributed by atoms with van der Waals surface area (Å²) in [5, 5.41) is 10.0. The van der Waals surface area contributed by atoms with E-state index in [4.69, 9.17) is 11.6 Å². The van der Waals surface area contributed by atoms with E-state index in [0.717, 1.165) is 4.90 Å². The van der Waals surface area contributed by atoms with Gasteiger partial charge in [0.05, 0.1) is 0 Å². The van der Waals surface area contributed by atoms with Crippen LogP contribution < -0.4 is 4.90 Å². The molecule has 1 heterocycles. The summed E-state index contributed by atoms with van der Waals surface area (Å²) in [4.78, 5) is 27.0. The number of likely N-dealkylation sites (tertiary alicyclic amines) is 1. The number of alkyl halides is 3. The van der Waals surface area contributed by atoms with Gasteiger partial charge in [0.25, 0.3) is 5.91 Å². The number of halogens is 4. The summed E-state index contributed by atoms with van der Waals surface area (Å²) >= 11 is 5.82. The largest absolute Gasteiger partial charge is 0.426 e. The lowest BCUT2D eigenvalue weighted by Crippen LogP contribution is -2.57. The van der Waals surface area contributed by atoms with E-state index in [-0.39, 0.29) is 31.8 Å². The van der Waals surface area contributed by atoms with Gasteiger partial charge in [-0.15, -0.1) is 0 Å². The molecule has 5 nitrogen and oxygen atoms in total. The van der Waals surface area contributed by atoms with E-state index in [1.165, 1.54) is 4.90 Å². The first kappa shape index (κ1) is 20.5. The maximum absolute atomic E-state index is 12.8. The van der Waals surface area contributed by atoms with Crippen LogP contribution in [0.15, 0.2) is 24.3 Å². The maximum Gasteiger partial charge on any atom is 0.426 e. The third kappa shape index (κ3) is 4.12. The molecule has 1 aliphatic rings. The second-order valence-electron chi connectivity index (χ2n) is 6.51. The summed E-state index contributed by atoms with van der Waals surface area (Å²) in [5.41, 5.74) is -2.78. The van der Waals surface area contributed by atoms with Crippen molar-refractivity contribution in [1.29, 1.82) is 0 Å². The van der Waals surface area contributed by atoms with Crippen LogP contribution in [0.1, 0.15) is 19.8 Å². The summed E-state index contributed by atoms with van der Waals surface area (Å²) in [6.07, 6.45) is -4.58. The Balaban J connectivity index is 1.98. The van der Waals surface area contributed by atoms with Crippen molar-refractivity contribution in [3.8, 4) is 0 Å². The minimum atomic E-state index is -5.05. The molecular formula is C17H20ClF3N2O3. The van der Waals surface area contributed by atoms with Gasteiger partial charge in [-0.25, -0.2) is 0 Å². The molecule has 1 aliphatic heterocycles. The van der Waals surface area contributed by atoms with Gasteiger partial charge in [-0.1, -0.05) is 11.6 Å². The normalized spacial score (nSPS) is 18.3. The number of amides is 2. The van der Waals surface area contributed by atoms with Gasteiger partial charge in [0, 0.05) is 36.8 Å². The van der Waals surface area contributed by atoms with Crippen LogP contribution in [0.2, 0.25) is 5.02 Å². The van der Waals surface area contributed by atoms with E-state index in [2.05, 4.69) is 0 Å². The molecule has 2 rings (SSSR count). The number of aliphatic hydroxyl groups is 1. The smallest absolute Gasteiger partial charge is 0.373 e. The van der Waals surface area contributed by atoms with Gasteiger partial charge < -0.3 is 14.9 Å². The van der Waals surface area contributed by atoms with Crippen molar-refractivity contribution in [2.75, 3.05) is 25.0 Å². The van der Waals surface area contributed by atoms with Gasteiger partial charge in [0.2, 0.25) is 11.5 Å². The Morgan fingerprint density at radius 3 is 2.15 bits per heavy atom. The zero-order valence-corrected chi connectivity index (χ0v) is 15.1. The Bertz CT molecular complexity index is 669. The molecule has 1 N–H and O–H groups in total. The number of hydrogen-bond donors (Lipinski definition) is 1. The van der Waals surface area contributed by atoms with E-state index in [1.54, 1.807) is 31.3 Å². The van der Waals surface area contributed by atoms with Gasteiger partial charge >= 0.3 is 6.18 Å². The molecule has 1 saturated heterocycles. The molecule has 0 saturated carbocycles. The molecule has 1 fully saturated rings. The molecular weight excluding hydrogens is 373 g/mol. The zero-order chi connectivity index (χ0) is 19.7. The van der Waals surface area contributed by atoms with E-state index < -0.39 is 23.6 Å². The van der Waals surface area contributed by atoms with Crippen LogP contribution in [0, 0.1) is 5.92 Å². The van der Waals surface area contributed by atoms with Gasteiger partial charge in [-0.3, -0.25) is 9.59 Å². The van der Waals surface area contributed by atoms with Crippen LogP contribution in [0.4, 0.5) is 18.9 Å². The number of anilines is 1. The Kier molecular flexibility index (Phi) is 5.87. The number of rotatable bonds is 3. The van der Waals surface area contributed by atoms with Crippen molar-refractivity contribution >= 4 is 29.1 Å². The lowest BCUT2D eigenvalue weighted by atomic mass is 9.93. The molecule has 1 aromatic rings. The zero-order valence-electron chi connectivity index (χ0n) is 14.4. The summed E-state index contributed by atoms with van der Waals surface area (Å²) in [6.45, 7) is 0.409. The average Bonchev–Trinajstić information content (AvgIpc) is 2.59. The molecule has 0 aliphatic carbocycles. The highest BCUT2D eigenvalue weighted by atomic mass is 35.5. The number of piperidine rings is 1. The predicted octanol–water partition coefficient (Wildman–Crippen LogP) is 2.85. The van der Waals surface area contributed by atoms with Crippen LogP contribution in [-0.4, -0.2) is 53.7 Å². The molecule has 1 aromatic carbocycles. The van der Waals surface area contributed by atoms with E-state index in [1.807, 2.05) is 0 Å². The summed E-state index contributed by atoms with van der Waals surface area (Å²) in [5.74, 6) is -1.97.